The third-order valence-corrected chi connectivity index (χ3v) is 2.67. The summed E-state index contributed by atoms with van der Waals surface area (Å²) in [4.78, 5) is 11.8. The zero-order valence-corrected chi connectivity index (χ0v) is 10.4. The van der Waals surface area contributed by atoms with Gasteiger partial charge >= 0.3 is 0 Å². The van der Waals surface area contributed by atoms with Crippen LogP contribution in [0.4, 0.5) is 14.5 Å². The van der Waals surface area contributed by atoms with Crippen LogP contribution in [0.5, 0.6) is 0 Å². The maximum atomic E-state index is 13.5. The molecular formula is C15H13F2NO. The van der Waals surface area contributed by atoms with Crippen molar-refractivity contribution in [1.29, 1.82) is 0 Å². The molecule has 0 heterocycles. The molecule has 0 saturated heterocycles. The maximum Gasteiger partial charge on any atom is 0.228 e. The molecule has 0 aliphatic carbocycles. The Morgan fingerprint density at radius 2 is 1.79 bits per heavy atom. The molecule has 0 bridgehead atoms. The summed E-state index contributed by atoms with van der Waals surface area (Å²) < 4.78 is 26.2. The standard InChI is InChI=1S/C15H13F2NO/c1-10-2-7-13(17)14(8-10)18-15(19)9-11-3-5-12(16)6-4-11/h2-8H,9H2,1H3,(H,18,19). The van der Waals surface area contributed by atoms with E-state index in [0.29, 0.717) is 5.56 Å². The molecule has 2 aromatic carbocycles. The van der Waals surface area contributed by atoms with E-state index in [1.807, 2.05) is 6.92 Å². The van der Waals surface area contributed by atoms with Crippen molar-refractivity contribution >= 4 is 11.6 Å². The van der Waals surface area contributed by atoms with Gasteiger partial charge in [0.25, 0.3) is 0 Å². The van der Waals surface area contributed by atoms with Gasteiger partial charge in [0.15, 0.2) is 0 Å². The van der Waals surface area contributed by atoms with Gasteiger partial charge < -0.3 is 5.32 Å². The smallest absolute Gasteiger partial charge is 0.228 e. The number of anilines is 1. The number of hydrogen-bond acceptors (Lipinski definition) is 1. The van der Waals surface area contributed by atoms with Gasteiger partial charge in [-0.3, -0.25) is 4.79 Å². The highest BCUT2D eigenvalue weighted by Crippen LogP contribution is 2.16. The molecular weight excluding hydrogens is 248 g/mol. The van der Waals surface area contributed by atoms with E-state index in [-0.39, 0.29) is 23.8 Å². The van der Waals surface area contributed by atoms with Crippen LogP contribution in [0.25, 0.3) is 0 Å². The van der Waals surface area contributed by atoms with Crippen LogP contribution in [0.3, 0.4) is 0 Å². The van der Waals surface area contributed by atoms with Gasteiger partial charge in [-0.15, -0.1) is 0 Å². The molecule has 98 valence electrons. The Morgan fingerprint density at radius 3 is 2.47 bits per heavy atom. The first kappa shape index (κ1) is 13.2. The van der Waals surface area contributed by atoms with E-state index in [9.17, 15) is 13.6 Å². The van der Waals surface area contributed by atoms with Crippen LogP contribution in [0.1, 0.15) is 11.1 Å². The monoisotopic (exact) mass is 261 g/mol. The molecule has 0 aliphatic heterocycles. The molecule has 19 heavy (non-hydrogen) atoms. The van der Waals surface area contributed by atoms with Gasteiger partial charge in [-0.1, -0.05) is 18.2 Å². The quantitative estimate of drug-likeness (QED) is 0.900. The highest BCUT2D eigenvalue weighted by atomic mass is 19.1. The van der Waals surface area contributed by atoms with Gasteiger partial charge in [0.1, 0.15) is 11.6 Å². The van der Waals surface area contributed by atoms with Crippen LogP contribution in [-0.2, 0) is 11.2 Å². The summed E-state index contributed by atoms with van der Waals surface area (Å²) in [7, 11) is 0. The van der Waals surface area contributed by atoms with Crippen LogP contribution in [0, 0.1) is 18.6 Å². The number of rotatable bonds is 3. The lowest BCUT2D eigenvalue weighted by molar-refractivity contribution is -0.115. The zero-order valence-electron chi connectivity index (χ0n) is 10.4. The Bertz CT molecular complexity index is 594. The minimum absolute atomic E-state index is 0.0770. The normalized spacial score (nSPS) is 10.3. The molecule has 2 aromatic rings. The summed E-state index contributed by atoms with van der Waals surface area (Å²) in [6.45, 7) is 1.81. The lowest BCUT2D eigenvalue weighted by Crippen LogP contribution is -2.15. The number of carbonyl (C=O) groups excluding carboxylic acids is 1. The van der Waals surface area contributed by atoms with Gasteiger partial charge in [0, 0.05) is 0 Å². The van der Waals surface area contributed by atoms with Crippen LogP contribution in [0.15, 0.2) is 42.5 Å². The maximum absolute atomic E-state index is 13.5. The molecule has 1 N–H and O–H groups in total. The van der Waals surface area contributed by atoms with Crippen LogP contribution < -0.4 is 5.32 Å². The Balaban J connectivity index is 2.05. The molecule has 0 fully saturated rings. The lowest BCUT2D eigenvalue weighted by Gasteiger charge is -2.07. The summed E-state index contributed by atoms with van der Waals surface area (Å²) in [6, 6.07) is 10.1. The first-order chi connectivity index (χ1) is 9.04. The van der Waals surface area contributed by atoms with Crippen molar-refractivity contribution < 1.29 is 13.6 Å². The third-order valence-electron chi connectivity index (χ3n) is 2.67. The Morgan fingerprint density at radius 1 is 1.11 bits per heavy atom. The fourth-order valence-corrected chi connectivity index (χ4v) is 1.72. The second-order valence-corrected chi connectivity index (χ2v) is 4.33. The number of carbonyl (C=O) groups is 1. The molecule has 4 heteroatoms. The van der Waals surface area contributed by atoms with Gasteiger partial charge in [0.05, 0.1) is 12.1 Å². The van der Waals surface area contributed by atoms with E-state index in [0.717, 1.165) is 5.56 Å². The van der Waals surface area contributed by atoms with E-state index in [4.69, 9.17) is 0 Å². The van der Waals surface area contributed by atoms with Crippen LogP contribution >= 0.6 is 0 Å². The predicted octanol–water partition coefficient (Wildman–Crippen LogP) is 3.45. The lowest BCUT2D eigenvalue weighted by atomic mass is 10.1. The summed E-state index contributed by atoms with van der Waals surface area (Å²) >= 11 is 0. The summed E-state index contributed by atoms with van der Waals surface area (Å²) in [5.41, 5.74) is 1.69. The number of nitrogens with one attached hydrogen (secondary N) is 1. The average Bonchev–Trinajstić information content (AvgIpc) is 2.37. The molecule has 0 atom stereocenters. The van der Waals surface area contributed by atoms with E-state index in [2.05, 4.69) is 5.32 Å². The van der Waals surface area contributed by atoms with Crippen molar-refractivity contribution in [3.63, 3.8) is 0 Å². The SMILES string of the molecule is Cc1ccc(F)c(NC(=O)Cc2ccc(F)cc2)c1. The third kappa shape index (κ3) is 3.61. The number of aryl methyl sites for hydroxylation is 1. The molecule has 2 rings (SSSR count). The molecule has 2 nitrogen and oxygen atoms in total. The van der Waals surface area contributed by atoms with Crippen molar-refractivity contribution in [3.05, 3.63) is 65.2 Å². The molecule has 0 saturated carbocycles. The van der Waals surface area contributed by atoms with Crippen molar-refractivity contribution in [2.75, 3.05) is 5.32 Å². The number of halogens is 2. The van der Waals surface area contributed by atoms with Crippen LogP contribution in [0.2, 0.25) is 0 Å². The zero-order chi connectivity index (χ0) is 13.8. The van der Waals surface area contributed by atoms with Gasteiger partial charge in [-0.05, 0) is 42.3 Å². The van der Waals surface area contributed by atoms with Crippen LogP contribution in [-0.4, -0.2) is 5.91 Å². The molecule has 0 aliphatic rings. The van der Waals surface area contributed by atoms with Crippen molar-refractivity contribution in [2.24, 2.45) is 0 Å². The Kier molecular flexibility index (Phi) is 3.90. The van der Waals surface area contributed by atoms with E-state index < -0.39 is 5.82 Å². The van der Waals surface area contributed by atoms with Gasteiger partial charge in [-0.25, -0.2) is 8.78 Å². The molecule has 0 aromatic heterocycles. The van der Waals surface area contributed by atoms with Gasteiger partial charge in [0.2, 0.25) is 5.91 Å². The highest BCUT2D eigenvalue weighted by molar-refractivity contribution is 5.92. The molecule has 0 unspecified atom stereocenters. The molecule has 1 amide bonds. The average molecular weight is 261 g/mol. The number of amides is 1. The summed E-state index contributed by atoms with van der Waals surface area (Å²) in [5, 5.41) is 2.51. The second-order valence-electron chi connectivity index (χ2n) is 4.33. The molecule has 0 radical (unpaired) electrons. The summed E-state index contributed by atoms with van der Waals surface area (Å²) in [5.74, 6) is -1.16. The largest absolute Gasteiger partial charge is 0.323 e. The van der Waals surface area contributed by atoms with E-state index in [1.54, 1.807) is 12.1 Å². The number of hydrogen-bond donors (Lipinski definition) is 1. The first-order valence-electron chi connectivity index (χ1n) is 5.85. The molecule has 0 spiro atoms. The highest BCUT2D eigenvalue weighted by Gasteiger charge is 2.08. The van der Waals surface area contributed by atoms with E-state index in [1.165, 1.54) is 30.3 Å². The fraction of sp³-hybridized carbons (Fsp3) is 0.133. The first-order valence-corrected chi connectivity index (χ1v) is 5.85. The second kappa shape index (κ2) is 5.61. The van der Waals surface area contributed by atoms with Gasteiger partial charge in [-0.2, -0.15) is 0 Å². The minimum Gasteiger partial charge on any atom is -0.323 e. The number of benzene rings is 2. The summed E-state index contributed by atoms with van der Waals surface area (Å²) in [6.07, 6.45) is 0.0770. The topological polar surface area (TPSA) is 29.1 Å². The Hall–Kier alpha value is -2.23. The van der Waals surface area contributed by atoms with Crippen molar-refractivity contribution in [3.8, 4) is 0 Å². The fourth-order valence-electron chi connectivity index (χ4n) is 1.72. The Labute approximate surface area is 110 Å². The predicted molar refractivity (Wildman–Crippen MR) is 69.9 cm³/mol. The van der Waals surface area contributed by atoms with Crippen molar-refractivity contribution in [1.82, 2.24) is 0 Å². The van der Waals surface area contributed by atoms with Crippen molar-refractivity contribution in [2.45, 2.75) is 13.3 Å². The van der Waals surface area contributed by atoms with E-state index >= 15 is 0 Å². The minimum atomic E-state index is -0.474.